The van der Waals surface area contributed by atoms with Crippen molar-refractivity contribution in [3.63, 3.8) is 0 Å². The number of methoxy groups -OCH3 is 1. The van der Waals surface area contributed by atoms with Gasteiger partial charge in [0.1, 0.15) is 11.9 Å². The van der Waals surface area contributed by atoms with Gasteiger partial charge in [0, 0.05) is 31.1 Å². The lowest BCUT2D eigenvalue weighted by Crippen LogP contribution is -2.48. The standard InChI is InChI=1S/C20H27N3O4.C7H16O.C3H6O2/c1-20(12-6-3-7-13-20)19(27)22-15(18(25)26)10-11-16(24)23-17(21)14-8-4-2-5-9-14;1-4-7(2)5-6-8-3;1-2-5-3-4/h2,4-5,8-9,15H,3,6-7,10-13H2,1H3,(H,22,27)(H,25,26)(H2,21,23,24);7H,4-6H2,1-3H3;3H,2H2,1H3/t;7-;/m.0./s1. The van der Waals surface area contributed by atoms with Crippen molar-refractivity contribution < 1.29 is 33.8 Å². The van der Waals surface area contributed by atoms with Crippen molar-refractivity contribution in [3.8, 4) is 0 Å². The number of hydrogen-bond acceptors (Lipinski definition) is 6. The molecule has 226 valence electrons. The van der Waals surface area contributed by atoms with Crippen LogP contribution >= 0.6 is 0 Å². The summed E-state index contributed by atoms with van der Waals surface area (Å²) in [5.41, 5.74) is 5.89. The van der Waals surface area contributed by atoms with Crippen LogP contribution in [0, 0.1) is 11.3 Å². The van der Waals surface area contributed by atoms with E-state index >= 15 is 0 Å². The third-order valence-electron chi connectivity index (χ3n) is 6.82. The van der Waals surface area contributed by atoms with Crippen LogP contribution in [0.15, 0.2) is 35.3 Å². The van der Waals surface area contributed by atoms with Crippen molar-refractivity contribution in [2.45, 2.75) is 91.5 Å². The number of ether oxygens (including phenoxy) is 2. The first kappa shape index (κ1) is 36.7. The Morgan fingerprint density at radius 1 is 1.12 bits per heavy atom. The first-order valence-corrected chi connectivity index (χ1v) is 14.0. The molecular formula is C30H49N3O7. The van der Waals surface area contributed by atoms with Gasteiger partial charge in [-0.05, 0) is 38.5 Å². The Morgan fingerprint density at radius 3 is 2.23 bits per heavy atom. The highest BCUT2D eigenvalue weighted by Crippen LogP contribution is 2.36. The number of nitrogens with two attached hydrogens (primary N) is 1. The van der Waals surface area contributed by atoms with Gasteiger partial charge in [-0.15, -0.1) is 0 Å². The zero-order valence-electron chi connectivity index (χ0n) is 24.8. The van der Waals surface area contributed by atoms with Gasteiger partial charge in [-0.2, -0.15) is 4.99 Å². The number of aliphatic imine (C=N–C) groups is 1. The largest absolute Gasteiger partial charge is 0.480 e. The normalized spacial score (nSPS) is 15.6. The van der Waals surface area contributed by atoms with Crippen LogP contribution in [-0.2, 0) is 28.7 Å². The maximum atomic E-state index is 12.5. The number of rotatable bonds is 13. The van der Waals surface area contributed by atoms with Crippen molar-refractivity contribution in [2.24, 2.45) is 22.1 Å². The number of benzene rings is 1. The number of carbonyl (C=O) groups excluding carboxylic acids is 3. The number of amides is 2. The highest BCUT2D eigenvalue weighted by atomic mass is 16.5. The Hall–Kier alpha value is -3.27. The predicted molar refractivity (Wildman–Crippen MR) is 156 cm³/mol. The Kier molecular flexibility index (Phi) is 19.8. The molecular weight excluding hydrogens is 514 g/mol. The minimum Gasteiger partial charge on any atom is -0.480 e. The number of hydrogen-bond donors (Lipinski definition) is 3. The van der Waals surface area contributed by atoms with E-state index in [1.54, 1.807) is 38.3 Å². The first-order chi connectivity index (χ1) is 19.0. The number of nitrogens with zero attached hydrogens (tertiary/aromatic N) is 1. The summed E-state index contributed by atoms with van der Waals surface area (Å²) in [7, 11) is 1.75. The summed E-state index contributed by atoms with van der Waals surface area (Å²) in [6.45, 7) is 9.91. The van der Waals surface area contributed by atoms with Gasteiger partial charge in [0.25, 0.3) is 6.47 Å². The highest BCUT2D eigenvalue weighted by molar-refractivity contribution is 6.04. The summed E-state index contributed by atoms with van der Waals surface area (Å²) in [4.78, 5) is 49.1. The minimum absolute atomic E-state index is 0.0262. The SMILES string of the molecule is CC1(C(=O)NC(CCC(=O)N=C(N)c2ccccc2)C(=O)O)CCCCC1.CCOC=O.CC[C@H](C)CCOC. The van der Waals surface area contributed by atoms with Crippen LogP contribution < -0.4 is 11.1 Å². The molecule has 2 atom stereocenters. The maximum absolute atomic E-state index is 12.5. The molecule has 40 heavy (non-hydrogen) atoms. The van der Waals surface area contributed by atoms with E-state index in [1.807, 2.05) is 13.0 Å². The molecule has 10 heteroatoms. The summed E-state index contributed by atoms with van der Waals surface area (Å²) >= 11 is 0. The number of aliphatic carboxylic acids is 1. The highest BCUT2D eigenvalue weighted by Gasteiger charge is 2.36. The molecule has 0 spiro atoms. The van der Waals surface area contributed by atoms with Gasteiger partial charge in [-0.3, -0.25) is 14.4 Å². The average molecular weight is 564 g/mol. The zero-order chi connectivity index (χ0) is 30.4. The zero-order valence-corrected chi connectivity index (χ0v) is 24.8. The topological polar surface area (TPSA) is 157 Å². The van der Waals surface area contributed by atoms with Crippen LogP contribution in [0.5, 0.6) is 0 Å². The summed E-state index contributed by atoms with van der Waals surface area (Å²) in [5, 5.41) is 12.0. The van der Waals surface area contributed by atoms with Gasteiger partial charge in [-0.25, -0.2) is 4.79 Å². The van der Waals surface area contributed by atoms with Gasteiger partial charge in [0.15, 0.2) is 0 Å². The van der Waals surface area contributed by atoms with E-state index in [9.17, 15) is 24.3 Å². The molecule has 0 aliphatic heterocycles. The third kappa shape index (κ3) is 16.0. The van der Waals surface area contributed by atoms with Gasteiger partial charge in [0.2, 0.25) is 11.8 Å². The monoisotopic (exact) mass is 563 g/mol. The fourth-order valence-corrected chi connectivity index (χ4v) is 3.87. The summed E-state index contributed by atoms with van der Waals surface area (Å²) in [6, 6.07) is 7.74. The van der Waals surface area contributed by atoms with Crippen molar-refractivity contribution >= 4 is 30.1 Å². The number of amidine groups is 1. The van der Waals surface area contributed by atoms with E-state index in [1.165, 1.54) is 12.8 Å². The van der Waals surface area contributed by atoms with E-state index in [-0.39, 0.29) is 24.6 Å². The van der Waals surface area contributed by atoms with E-state index < -0.39 is 23.3 Å². The maximum Gasteiger partial charge on any atom is 0.326 e. The quantitative estimate of drug-likeness (QED) is 0.180. The molecule has 1 aromatic rings. The summed E-state index contributed by atoms with van der Waals surface area (Å²) in [6.07, 6.45) is 6.87. The summed E-state index contributed by atoms with van der Waals surface area (Å²) in [5.74, 6) is -1.01. The van der Waals surface area contributed by atoms with E-state index in [4.69, 9.17) is 10.5 Å². The first-order valence-electron chi connectivity index (χ1n) is 14.0. The van der Waals surface area contributed by atoms with Crippen molar-refractivity contribution in [2.75, 3.05) is 20.3 Å². The second-order valence-electron chi connectivity index (χ2n) is 10.1. The van der Waals surface area contributed by atoms with Crippen LogP contribution in [0.2, 0.25) is 0 Å². The molecule has 1 aliphatic rings. The van der Waals surface area contributed by atoms with Crippen molar-refractivity contribution in [3.05, 3.63) is 35.9 Å². The van der Waals surface area contributed by atoms with E-state index in [2.05, 4.69) is 28.9 Å². The van der Waals surface area contributed by atoms with Crippen LogP contribution in [0.1, 0.15) is 91.0 Å². The molecule has 1 aromatic carbocycles. The van der Waals surface area contributed by atoms with E-state index in [0.717, 1.165) is 44.6 Å². The van der Waals surface area contributed by atoms with Crippen LogP contribution in [-0.4, -0.2) is 61.6 Å². The Morgan fingerprint density at radius 2 is 1.75 bits per heavy atom. The fourth-order valence-electron chi connectivity index (χ4n) is 3.87. The minimum atomic E-state index is -1.16. The smallest absolute Gasteiger partial charge is 0.326 e. The van der Waals surface area contributed by atoms with Crippen molar-refractivity contribution in [1.29, 1.82) is 0 Å². The average Bonchev–Trinajstić information content (AvgIpc) is 2.95. The van der Waals surface area contributed by atoms with Crippen LogP contribution in [0.3, 0.4) is 0 Å². The van der Waals surface area contributed by atoms with Gasteiger partial charge in [0.05, 0.1) is 6.61 Å². The molecule has 1 aliphatic carbocycles. The lowest BCUT2D eigenvalue weighted by molar-refractivity contribution is -0.144. The Bertz CT molecular complexity index is 900. The van der Waals surface area contributed by atoms with Gasteiger partial charge in [-0.1, -0.05) is 76.8 Å². The lowest BCUT2D eigenvalue weighted by Gasteiger charge is -2.33. The molecule has 0 bridgehead atoms. The molecule has 0 aromatic heterocycles. The molecule has 1 unspecified atom stereocenters. The third-order valence-corrected chi connectivity index (χ3v) is 6.82. The van der Waals surface area contributed by atoms with Crippen molar-refractivity contribution in [1.82, 2.24) is 5.32 Å². The molecule has 0 heterocycles. The van der Waals surface area contributed by atoms with Crippen LogP contribution in [0.4, 0.5) is 0 Å². The molecule has 0 saturated heterocycles. The number of carboxylic acid groups (broad SMARTS) is 1. The molecule has 2 amide bonds. The molecule has 4 N–H and O–H groups in total. The van der Waals surface area contributed by atoms with Gasteiger partial charge < -0.3 is 25.6 Å². The predicted octanol–water partition coefficient (Wildman–Crippen LogP) is 4.49. The molecule has 1 fully saturated rings. The summed E-state index contributed by atoms with van der Waals surface area (Å²) < 4.78 is 9.07. The van der Waals surface area contributed by atoms with E-state index in [0.29, 0.717) is 18.6 Å². The molecule has 2 rings (SSSR count). The Labute approximate surface area is 239 Å². The molecule has 0 radical (unpaired) electrons. The second kappa shape index (κ2) is 21.5. The molecule has 1 saturated carbocycles. The number of carboxylic acids is 1. The second-order valence-corrected chi connectivity index (χ2v) is 10.1. The number of nitrogens with one attached hydrogen (secondary N) is 1. The Balaban J connectivity index is 0.000000970. The van der Waals surface area contributed by atoms with Crippen LogP contribution in [0.25, 0.3) is 0 Å². The van der Waals surface area contributed by atoms with Gasteiger partial charge >= 0.3 is 5.97 Å². The fraction of sp³-hybridized carbons (Fsp3) is 0.633. The lowest BCUT2D eigenvalue weighted by atomic mass is 9.75. The number of carbonyl (C=O) groups is 4. The molecule has 10 nitrogen and oxygen atoms in total.